The van der Waals surface area contributed by atoms with Crippen LogP contribution in [0.3, 0.4) is 0 Å². The number of aromatic nitrogens is 2. The SMILES string of the molecule is Cc1ccccc1OCCNC(=O)c1c(C)nn(C)c1C. The fourth-order valence-corrected chi connectivity index (χ4v) is 2.23. The van der Waals surface area contributed by atoms with Crippen molar-refractivity contribution >= 4 is 5.91 Å². The van der Waals surface area contributed by atoms with Gasteiger partial charge in [-0.3, -0.25) is 9.48 Å². The number of carbonyl (C=O) groups is 1. The van der Waals surface area contributed by atoms with Gasteiger partial charge in [0.1, 0.15) is 12.4 Å². The molecule has 0 aliphatic carbocycles. The molecule has 112 valence electrons. The predicted octanol–water partition coefficient (Wildman–Crippen LogP) is 2.15. The van der Waals surface area contributed by atoms with E-state index in [1.54, 1.807) is 4.68 Å². The molecule has 1 N–H and O–H groups in total. The van der Waals surface area contributed by atoms with Crippen LogP contribution in [0.4, 0.5) is 0 Å². The molecule has 0 fully saturated rings. The molecule has 0 unspecified atom stereocenters. The van der Waals surface area contributed by atoms with Crippen LogP contribution in [0.25, 0.3) is 0 Å². The Labute approximate surface area is 124 Å². The van der Waals surface area contributed by atoms with Crippen LogP contribution in [0.1, 0.15) is 27.3 Å². The third-order valence-electron chi connectivity index (χ3n) is 3.47. The van der Waals surface area contributed by atoms with Crippen molar-refractivity contribution in [2.75, 3.05) is 13.2 Å². The number of para-hydroxylation sites is 1. The van der Waals surface area contributed by atoms with Crippen molar-refractivity contribution in [3.8, 4) is 5.75 Å². The molecule has 0 radical (unpaired) electrons. The Morgan fingerprint density at radius 1 is 1.29 bits per heavy atom. The number of carbonyl (C=O) groups excluding carboxylic acids is 1. The number of aryl methyl sites for hydroxylation is 3. The number of amides is 1. The predicted molar refractivity (Wildman–Crippen MR) is 81.7 cm³/mol. The molecular weight excluding hydrogens is 266 g/mol. The fourth-order valence-electron chi connectivity index (χ4n) is 2.23. The van der Waals surface area contributed by atoms with Gasteiger partial charge in [-0.2, -0.15) is 5.10 Å². The van der Waals surface area contributed by atoms with Crippen LogP contribution in [0, 0.1) is 20.8 Å². The van der Waals surface area contributed by atoms with E-state index < -0.39 is 0 Å². The van der Waals surface area contributed by atoms with Gasteiger partial charge in [-0.15, -0.1) is 0 Å². The van der Waals surface area contributed by atoms with Gasteiger partial charge in [-0.05, 0) is 32.4 Å². The van der Waals surface area contributed by atoms with Crippen molar-refractivity contribution in [3.05, 3.63) is 46.8 Å². The van der Waals surface area contributed by atoms with Crippen LogP contribution in [0.15, 0.2) is 24.3 Å². The van der Waals surface area contributed by atoms with Crippen molar-refractivity contribution in [1.82, 2.24) is 15.1 Å². The molecule has 1 amide bonds. The van der Waals surface area contributed by atoms with Crippen molar-refractivity contribution < 1.29 is 9.53 Å². The van der Waals surface area contributed by atoms with Crippen molar-refractivity contribution in [2.24, 2.45) is 7.05 Å². The first-order chi connectivity index (χ1) is 10.0. The Hall–Kier alpha value is -2.30. The first-order valence-corrected chi connectivity index (χ1v) is 6.97. The second kappa shape index (κ2) is 6.43. The molecule has 1 aromatic heterocycles. The summed E-state index contributed by atoms with van der Waals surface area (Å²) in [5.74, 6) is 0.743. The Balaban J connectivity index is 1.86. The van der Waals surface area contributed by atoms with E-state index in [1.807, 2.05) is 52.1 Å². The van der Waals surface area contributed by atoms with Crippen LogP contribution in [0.5, 0.6) is 5.75 Å². The molecule has 1 heterocycles. The lowest BCUT2D eigenvalue weighted by Gasteiger charge is -2.09. The lowest BCUT2D eigenvalue weighted by molar-refractivity contribution is 0.0945. The molecule has 0 aliphatic heterocycles. The molecule has 0 spiro atoms. The van der Waals surface area contributed by atoms with Crippen LogP contribution in [-0.4, -0.2) is 28.8 Å². The average Bonchev–Trinajstić information content (AvgIpc) is 2.70. The number of nitrogens with one attached hydrogen (secondary N) is 1. The summed E-state index contributed by atoms with van der Waals surface area (Å²) in [6.07, 6.45) is 0. The van der Waals surface area contributed by atoms with Crippen LogP contribution in [0.2, 0.25) is 0 Å². The fraction of sp³-hybridized carbons (Fsp3) is 0.375. The summed E-state index contributed by atoms with van der Waals surface area (Å²) >= 11 is 0. The van der Waals surface area contributed by atoms with Crippen molar-refractivity contribution in [3.63, 3.8) is 0 Å². The summed E-state index contributed by atoms with van der Waals surface area (Å²) in [5, 5.41) is 7.11. The van der Waals surface area contributed by atoms with E-state index in [0.29, 0.717) is 18.7 Å². The molecule has 0 saturated carbocycles. The van der Waals surface area contributed by atoms with Gasteiger partial charge in [-0.1, -0.05) is 18.2 Å². The van der Waals surface area contributed by atoms with Gasteiger partial charge >= 0.3 is 0 Å². The van der Waals surface area contributed by atoms with Crippen LogP contribution < -0.4 is 10.1 Å². The quantitative estimate of drug-likeness (QED) is 0.857. The monoisotopic (exact) mass is 287 g/mol. The normalized spacial score (nSPS) is 10.5. The Bertz CT molecular complexity index is 647. The first-order valence-electron chi connectivity index (χ1n) is 6.97. The number of ether oxygens (including phenoxy) is 1. The topological polar surface area (TPSA) is 56.1 Å². The molecule has 5 nitrogen and oxygen atoms in total. The Morgan fingerprint density at radius 2 is 2.00 bits per heavy atom. The molecule has 21 heavy (non-hydrogen) atoms. The molecule has 0 bridgehead atoms. The standard InChI is InChI=1S/C16H21N3O2/c1-11-7-5-6-8-14(11)21-10-9-17-16(20)15-12(2)18-19(4)13(15)3/h5-8H,9-10H2,1-4H3,(H,17,20). The summed E-state index contributed by atoms with van der Waals surface area (Å²) in [7, 11) is 1.83. The minimum atomic E-state index is -0.105. The zero-order valence-corrected chi connectivity index (χ0v) is 12.9. The molecule has 5 heteroatoms. The maximum Gasteiger partial charge on any atom is 0.255 e. The highest BCUT2D eigenvalue weighted by Gasteiger charge is 2.16. The zero-order valence-electron chi connectivity index (χ0n) is 12.9. The maximum atomic E-state index is 12.2. The summed E-state index contributed by atoms with van der Waals surface area (Å²) in [4.78, 5) is 12.2. The van der Waals surface area contributed by atoms with Gasteiger partial charge in [0, 0.05) is 12.7 Å². The second-order valence-electron chi connectivity index (χ2n) is 5.04. The van der Waals surface area contributed by atoms with E-state index in [-0.39, 0.29) is 5.91 Å². The molecule has 2 rings (SSSR count). The molecule has 0 aliphatic rings. The maximum absolute atomic E-state index is 12.2. The molecule has 0 saturated heterocycles. The van der Waals surface area contributed by atoms with Gasteiger partial charge in [0.2, 0.25) is 0 Å². The summed E-state index contributed by atoms with van der Waals surface area (Å²) < 4.78 is 7.37. The average molecular weight is 287 g/mol. The van der Waals surface area contributed by atoms with E-state index in [4.69, 9.17) is 4.74 Å². The van der Waals surface area contributed by atoms with Gasteiger partial charge in [0.25, 0.3) is 5.91 Å². The van der Waals surface area contributed by atoms with Crippen LogP contribution in [-0.2, 0) is 7.05 Å². The zero-order chi connectivity index (χ0) is 15.4. The van der Waals surface area contributed by atoms with Gasteiger partial charge in [0.15, 0.2) is 0 Å². The number of hydrogen-bond donors (Lipinski definition) is 1. The van der Waals surface area contributed by atoms with E-state index in [2.05, 4.69) is 10.4 Å². The number of rotatable bonds is 5. The number of nitrogens with zero attached hydrogens (tertiary/aromatic N) is 2. The summed E-state index contributed by atoms with van der Waals surface area (Å²) in [5.41, 5.74) is 3.34. The lowest BCUT2D eigenvalue weighted by atomic mass is 10.2. The third-order valence-corrected chi connectivity index (χ3v) is 3.47. The lowest BCUT2D eigenvalue weighted by Crippen LogP contribution is -2.29. The smallest absolute Gasteiger partial charge is 0.255 e. The minimum absolute atomic E-state index is 0.105. The Kier molecular flexibility index (Phi) is 4.62. The van der Waals surface area contributed by atoms with E-state index in [9.17, 15) is 4.79 Å². The number of benzene rings is 1. The van der Waals surface area contributed by atoms with E-state index in [0.717, 1.165) is 22.7 Å². The second-order valence-corrected chi connectivity index (χ2v) is 5.04. The first kappa shape index (κ1) is 15.1. The molecule has 0 atom stereocenters. The molecule has 2 aromatic rings. The van der Waals surface area contributed by atoms with Gasteiger partial charge in [0.05, 0.1) is 17.8 Å². The highest BCUT2D eigenvalue weighted by atomic mass is 16.5. The molecule has 1 aromatic carbocycles. The largest absolute Gasteiger partial charge is 0.491 e. The summed E-state index contributed by atoms with van der Waals surface area (Å²) in [6.45, 7) is 6.62. The van der Waals surface area contributed by atoms with Crippen molar-refractivity contribution in [2.45, 2.75) is 20.8 Å². The van der Waals surface area contributed by atoms with E-state index in [1.165, 1.54) is 0 Å². The number of hydrogen-bond acceptors (Lipinski definition) is 3. The van der Waals surface area contributed by atoms with Gasteiger partial charge in [-0.25, -0.2) is 0 Å². The van der Waals surface area contributed by atoms with Crippen LogP contribution >= 0.6 is 0 Å². The highest BCUT2D eigenvalue weighted by molar-refractivity contribution is 5.96. The van der Waals surface area contributed by atoms with Crippen molar-refractivity contribution in [1.29, 1.82) is 0 Å². The summed E-state index contributed by atoms with van der Waals surface area (Å²) in [6, 6.07) is 7.82. The third kappa shape index (κ3) is 3.42. The molecular formula is C16H21N3O2. The van der Waals surface area contributed by atoms with Gasteiger partial charge < -0.3 is 10.1 Å². The Morgan fingerprint density at radius 3 is 2.62 bits per heavy atom. The van der Waals surface area contributed by atoms with E-state index >= 15 is 0 Å². The highest BCUT2D eigenvalue weighted by Crippen LogP contribution is 2.15. The minimum Gasteiger partial charge on any atom is -0.491 e.